The van der Waals surface area contributed by atoms with Crippen molar-refractivity contribution in [3.63, 3.8) is 0 Å². The molecule has 1 N–H and O–H groups in total. The molecule has 0 aliphatic heterocycles. The van der Waals surface area contributed by atoms with Crippen LogP contribution >= 0.6 is 0 Å². The maximum absolute atomic E-state index is 11.1. The molecule has 0 atom stereocenters. The average molecular weight is 190 g/mol. The van der Waals surface area contributed by atoms with E-state index in [9.17, 15) is 4.79 Å². The third-order valence-corrected chi connectivity index (χ3v) is 2.09. The van der Waals surface area contributed by atoms with Crippen LogP contribution in [0.3, 0.4) is 0 Å². The van der Waals surface area contributed by atoms with Crippen LogP contribution in [-0.2, 0) is 16.0 Å². The second-order valence-electron chi connectivity index (χ2n) is 2.97. The highest BCUT2D eigenvalue weighted by molar-refractivity contribution is 5.85. The molecule has 72 valence electrons. The number of aromatic amines is 1. The molecule has 0 saturated carbocycles. The molecule has 4 nitrogen and oxygen atoms in total. The normalized spacial score (nSPS) is 10.4. The Morgan fingerprint density at radius 1 is 1.50 bits per heavy atom. The Hall–Kier alpha value is -1.84. The predicted octanol–water partition coefficient (Wildman–Crippen LogP) is 1.28. The molecule has 1 aromatic heterocycles. The number of hydrogen-bond donors (Lipinski definition) is 1. The summed E-state index contributed by atoms with van der Waals surface area (Å²) in [7, 11) is 1.38. The summed E-state index contributed by atoms with van der Waals surface area (Å²) in [5, 5.41) is 7.87. The van der Waals surface area contributed by atoms with Gasteiger partial charge in [0.2, 0.25) is 0 Å². The number of carbonyl (C=O) groups excluding carboxylic acids is 1. The van der Waals surface area contributed by atoms with E-state index in [-0.39, 0.29) is 12.4 Å². The van der Waals surface area contributed by atoms with Crippen molar-refractivity contribution in [1.82, 2.24) is 10.2 Å². The number of nitrogens with one attached hydrogen (secondary N) is 1. The Balaban J connectivity index is 2.38. The molecule has 0 aliphatic carbocycles. The third kappa shape index (κ3) is 1.46. The first-order valence-electron chi connectivity index (χ1n) is 4.30. The second-order valence-corrected chi connectivity index (χ2v) is 2.97. The number of ether oxygens (including phenoxy) is 1. The van der Waals surface area contributed by atoms with Crippen LogP contribution in [0.15, 0.2) is 24.3 Å². The molecule has 0 aliphatic rings. The largest absolute Gasteiger partial charge is 0.469 e. The van der Waals surface area contributed by atoms with Gasteiger partial charge in [0.15, 0.2) is 0 Å². The highest BCUT2D eigenvalue weighted by atomic mass is 16.5. The number of hydrogen-bond acceptors (Lipinski definition) is 3. The van der Waals surface area contributed by atoms with Gasteiger partial charge in [-0.1, -0.05) is 18.2 Å². The molecule has 0 fully saturated rings. The number of para-hydroxylation sites is 1. The minimum atomic E-state index is -0.264. The number of rotatable bonds is 2. The number of esters is 1. The summed E-state index contributed by atoms with van der Waals surface area (Å²) in [5.74, 6) is -0.264. The van der Waals surface area contributed by atoms with Gasteiger partial charge < -0.3 is 4.74 Å². The van der Waals surface area contributed by atoms with Crippen molar-refractivity contribution in [2.24, 2.45) is 0 Å². The van der Waals surface area contributed by atoms with Crippen LogP contribution in [0.2, 0.25) is 0 Å². The standard InChI is InChI=1S/C10H10N2O2/c1-14-10(13)6-9-7-4-2-3-5-8(7)11-12-9/h2-5H,6H2,1H3,(H,11,12). The van der Waals surface area contributed by atoms with Crippen LogP contribution in [0.5, 0.6) is 0 Å². The van der Waals surface area contributed by atoms with Crippen LogP contribution in [0, 0.1) is 0 Å². The number of H-pyrrole nitrogens is 1. The first kappa shape index (κ1) is 8.74. The van der Waals surface area contributed by atoms with E-state index in [0.29, 0.717) is 0 Å². The quantitative estimate of drug-likeness (QED) is 0.726. The van der Waals surface area contributed by atoms with Gasteiger partial charge in [-0.2, -0.15) is 5.10 Å². The molecule has 2 rings (SSSR count). The van der Waals surface area contributed by atoms with E-state index in [2.05, 4.69) is 14.9 Å². The summed E-state index contributed by atoms with van der Waals surface area (Å²) in [5.41, 5.74) is 1.67. The number of nitrogens with zero attached hydrogens (tertiary/aromatic N) is 1. The molecular formula is C10H10N2O2. The smallest absolute Gasteiger partial charge is 0.311 e. The molecule has 0 amide bonds. The van der Waals surface area contributed by atoms with Crippen LogP contribution in [0.25, 0.3) is 10.9 Å². The van der Waals surface area contributed by atoms with Gasteiger partial charge in [0.1, 0.15) is 0 Å². The molecule has 0 spiro atoms. The average Bonchev–Trinajstić information content (AvgIpc) is 2.62. The maximum atomic E-state index is 11.1. The lowest BCUT2D eigenvalue weighted by Crippen LogP contribution is -2.04. The molecule has 4 heteroatoms. The zero-order chi connectivity index (χ0) is 9.97. The SMILES string of the molecule is COC(=O)Cc1[nH]nc2ccccc12. The van der Waals surface area contributed by atoms with Gasteiger partial charge >= 0.3 is 5.97 Å². The van der Waals surface area contributed by atoms with Crippen molar-refractivity contribution < 1.29 is 9.53 Å². The van der Waals surface area contributed by atoms with E-state index in [4.69, 9.17) is 0 Å². The Bertz CT molecular complexity index is 462. The molecule has 1 aromatic carbocycles. The van der Waals surface area contributed by atoms with Gasteiger partial charge in [0.25, 0.3) is 0 Å². The fourth-order valence-electron chi connectivity index (χ4n) is 1.37. The number of methoxy groups -OCH3 is 1. The van der Waals surface area contributed by atoms with E-state index in [1.165, 1.54) is 7.11 Å². The molecule has 2 aromatic rings. The molecule has 0 saturated heterocycles. The monoisotopic (exact) mass is 190 g/mol. The summed E-state index contributed by atoms with van der Waals surface area (Å²) < 4.78 is 4.59. The highest BCUT2D eigenvalue weighted by Crippen LogP contribution is 2.15. The van der Waals surface area contributed by atoms with Gasteiger partial charge in [-0.3, -0.25) is 9.89 Å². The lowest BCUT2D eigenvalue weighted by Gasteiger charge is -1.96. The first-order valence-corrected chi connectivity index (χ1v) is 4.30. The van der Waals surface area contributed by atoms with Crippen molar-refractivity contribution in [3.8, 4) is 0 Å². The number of fused-ring (bicyclic) bond motifs is 1. The van der Waals surface area contributed by atoms with Crippen LogP contribution in [0.1, 0.15) is 5.69 Å². The summed E-state index contributed by atoms with van der Waals surface area (Å²) >= 11 is 0. The molecule has 0 unspecified atom stereocenters. The fraction of sp³-hybridized carbons (Fsp3) is 0.200. The van der Waals surface area contributed by atoms with Crippen molar-refractivity contribution >= 4 is 16.9 Å². The van der Waals surface area contributed by atoms with Gasteiger partial charge in [-0.15, -0.1) is 0 Å². The first-order chi connectivity index (χ1) is 6.81. The van der Waals surface area contributed by atoms with E-state index in [1.54, 1.807) is 0 Å². The summed E-state index contributed by atoms with van der Waals surface area (Å²) in [4.78, 5) is 11.1. The van der Waals surface area contributed by atoms with Gasteiger partial charge in [0.05, 0.1) is 24.7 Å². The lowest BCUT2D eigenvalue weighted by molar-refractivity contribution is -0.139. The summed E-state index contributed by atoms with van der Waals surface area (Å²) in [6.45, 7) is 0. The zero-order valence-corrected chi connectivity index (χ0v) is 7.78. The van der Waals surface area contributed by atoms with Crippen molar-refractivity contribution in [3.05, 3.63) is 30.0 Å². The molecule has 0 bridgehead atoms. The van der Waals surface area contributed by atoms with Crippen molar-refractivity contribution in [1.29, 1.82) is 0 Å². The molecule has 1 heterocycles. The maximum Gasteiger partial charge on any atom is 0.311 e. The Morgan fingerprint density at radius 2 is 2.29 bits per heavy atom. The highest BCUT2D eigenvalue weighted by Gasteiger charge is 2.08. The Kier molecular flexibility index (Phi) is 2.18. The van der Waals surface area contributed by atoms with Crippen LogP contribution in [0.4, 0.5) is 0 Å². The predicted molar refractivity (Wildman–Crippen MR) is 51.8 cm³/mol. The Labute approximate surface area is 80.9 Å². The van der Waals surface area contributed by atoms with E-state index >= 15 is 0 Å². The number of benzene rings is 1. The molecular weight excluding hydrogens is 180 g/mol. The third-order valence-electron chi connectivity index (χ3n) is 2.09. The lowest BCUT2D eigenvalue weighted by atomic mass is 10.2. The summed E-state index contributed by atoms with van der Waals surface area (Å²) in [6.07, 6.45) is 0.233. The topological polar surface area (TPSA) is 55.0 Å². The number of aromatic nitrogens is 2. The second kappa shape index (κ2) is 3.49. The Morgan fingerprint density at radius 3 is 3.07 bits per heavy atom. The van der Waals surface area contributed by atoms with E-state index < -0.39 is 0 Å². The van der Waals surface area contributed by atoms with Gasteiger partial charge in [-0.25, -0.2) is 0 Å². The fourth-order valence-corrected chi connectivity index (χ4v) is 1.37. The van der Waals surface area contributed by atoms with Crippen LogP contribution < -0.4 is 0 Å². The molecule has 14 heavy (non-hydrogen) atoms. The molecule has 0 radical (unpaired) electrons. The van der Waals surface area contributed by atoms with Crippen LogP contribution in [-0.4, -0.2) is 23.3 Å². The van der Waals surface area contributed by atoms with Crippen molar-refractivity contribution in [2.45, 2.75) is 6.42 Å². The van der Waals surface area contributed by atoms with E-state index in [1.807, 2.05) is 24.3 Å². The van der Waals surface area contributed by atoms with Gasteiger partial charge in [0, 0.05) is 5.39 Å². The number of carbonyl (C=O) groups is 1. The summed E-state index contributed by atoms with van der Waals surface area (Å²) in [6, 6.07) is 7.65. The minimum Gasteiger partial charge on any atom is -0.469 e. The van der Waals surface area contributed by atoms with Crippen molar-refractivity contribution in [2.75, 3.05) is 7.11 Å². The van der Waals surface area contributed by atoms with E-state index in [0.717, 1.165) is 16.6 Å². The minimum absolute atomic E-state index is 0.233. The van der Waals surface area contributed by atoms with Gasteiger partial charge in [-0.05, 0) is 6.07 Å². The zero-order valence-electron chi connectivity index (χ0n) is 7.78.